The number of hydrogen-bond acceptors (Lipinski definition) is 3. The predicted molar refractivity (Wildman–Crippen MR) is 90.0 cm³/mol. The highest BCUT2D eigenvalue weighted by molar-refractivity contribution is 5.78. The molecular weight excluding hydrogens is 307 g/mol. The van der Waals surface area contributed by atoms with Crippen molar-refractivity contribution < 1.29 is 9.50 Å². The Morgan fingerprint density at radius 2 is 2.04 bits per heavy atom. The first-order valence-electron chi connectivity index (χ1n) is 7.90. The molecule has 0 amide bonds. The molecule has 1 aliphatic heterocycles. The van der Waals surface area contributed by atoms with Crippen molar-refractivity contribution in [3.8, 4) is 0 Å². The van der Waals surface area contributed by atoms with Crippen LogP contribution in [0.2, 0.25) is 0 Å². The van der Waals surface area contributed by atoms with E-state index in [0.717, 1.165) is 23.4 Å². The van der Waals surface area contributed by atoms with Gasteiger partial charge in [0, 0.05) is 42.3 Å². The second-order valence-electron chi connectivity index (χ2n) is 6.23. The molecule has 122 valence electrons. The van der Waals surface area contributed by atoms with Crippen LogP contribution in [0.4, 0.5) is 4.39 Å². The summed E-state index contributed by atoms with van der Waals surface area (Å²) in [5.41, 5.74) is 3.25. The minimum absolute atomic E-state index is 0.198. The number of aromatic nitrogens is 1. The number of halogens is 1. The topological polar surface area (TPSA) is 56.3 Å². The van der Waals surface area contributed by atoms with Gasteiger partial charge >= 0.3 is 0 Å². The zero-order chi connectivity index (χ0) is 16.7. The number of aliphatic hydroxyl groups is 1. The fourth-order valence-corrected chi connectivity index (χ4v) is 3.37. The molecule has 2 N–H and O–H groups in total. The molecule has 3 aromatic rings. The van der Waals surface area contributed by atoms with E-state index in [2.05, 4.69) is 9.88 Å². The number of nitrogens with zero attached hydrogens (tertiary/aromatic N) is 1. The number of nitrogens with one attached hydrogen (secondary N) is 1. The Balaban J connectivity index is 1.63. The molecule has 2 aromatic carbocycles. The van der Waals surface area contributed by atoms with E-state index in [-0.39, 0.29) is 5.43 Å². The quantitative estimate of drug-likeness (QED) is 0.762. The molecule has 0 saturated heterocycles. The number of aliphatic hydroxyl groups excluding tert-OH is 1. The van der Waals surface area contributed by atoms with Crippen molar-refractivity contribution in [3.05, 3.63) is 81.4 Å². The van der Waals surface area contributed by atoms with Gasteiger partial charge in [0.25, 0.3) is 0 Å². The Kier molecular flexibility index (Phi) is 3.67. The van der Waals surface area contributed by atoms with E-state index in [1.807, 2.05) is 24.3 Å². The Labute approximate surface area is 138 Å². The molecule has 4 nitrogen and oxygen atoms in total. The van der Waals surface area contributed by atoms with Crippen molar-refractivity contribution in [3.63, 3.8) is 0 Å². The van der Waals surface area contributed by atoms with Crippen LogP contribution in [0.25, 0.3) is 10.9 Å². The summed E-state index contributed by atoms with van der Waals surface area (Å²) in [4.78, 5) is 17.5. The minimum Gasteiger partial charge on any atom is -0.387 e. The molecule has 2 heterocycles. The lowest BCUT2D eigenvalue weighted by Gasteiger charge is -2.32. The van der Waals surface area contributed by atoms with Crippen LogP contribution in [0.15, 0.2) is 53.3 Å². The van der Waals surface area contributed by atoms with Gasteiger partial charge in [0.15, 0.2) is 5.43 Å². The normalized spacial score (nSPS) is 17.8. The van der Waals surface area contributed by atoms with E-state index in [1.165, 1.54) is 18.2 Å². The summed E-state index contributed by atoms with van der Waals surface area (Å²) in [7, 11) is 0. The summed E-state index contributed by atoms with van der Waals surface area (Å²) in [6.07, 6.45) is -0.531. The maximum Gasteiger partial charge on any atom is 0.189 e. The number of pyridine rings is 1. The molecule has 1 aliphatic rings. The summed E-state index contributed by atoms with van der Waals surface area (Å²) in [5, 5.41) is 10.7. The second-order valence-corrected chi connectivity index (χ2v) is 6.23. The lowest BCUT2D eigenvalue weighted by atomic mass is 9.97. The van der Waals surface area contributed by atoms with Crippen LogP contribution in [0, 0.1) is 5.82 Å². The van der Waals surface area contributed by atoms with Gasteiger partial charge in [-0.05, 0) is 29.3 Å². The maximum absolute atomic E-state index is 13.3. The molecule has 1 aromatic heterocycles. The second kappa shape index (κ2) is 5.85. The van der Waals surface area contributed by atoms with Crippen molar-refractivity contribution in [2.75, 3.05) is 6.54 Å². The third kappa shape index (κ3) is 2.72. The van der Waals surface area contributed by atoms with Gasteiger partial charge in [-0.3, -0.25) is 9.69 Å². The maximum atomic E-state index is 13.3. The van der Waals surface area contributed by atoms with Crippen LogP contribution in [0.1, 0.15) is 22.9 Å². The largest absolute Gasteiger partial charge is 0.387 e. The average Bonchev–Trinajstić information content (AvgIpc) is 2.56. The molecule has 0 unspecified atom stereocenters. The van der Waals surface area contributed by atoms with Gasteiger partial charge in [-0.2, -0.15) is 0 Å². The lowest BCUT2D eigenvalue weighted by Crippen LogP contribution is -2.33. The van der Waals surface area contributed by atoms with E-state index in [9.17, 15) is 14.3 Å². The van der Waals surface area contributed by atoms with E-state index in [4.69, 9.17) is 0 Å². The summed E-state index contributed by atoms with van der Waals surface area (Å²) in [6, 6.07) is 13.5. The Hall–Kier alpha value is -2.50. The van der Waals surface area contributed by atoms with Gasteiger partial charge < -0.3 is 10.1 Å². The van der Waals surface area contributed by atoms with Crippen molar-refractivity contribution in [2.24, 2.45) is 0 Å². The van der Waals surface area contributed by atoms with Crippen LogP contribution in [0.5, 0.6) is 0 Å². The first-order chi connectivity index (χ1) is 11.6. The first kappa shape index (κ1) is 15.1. The molecule has 0 aliphatic carbocycles. The molecule has 0 saturated carbocycles. The van der Waals surface area contributed by atoms with Gasteiger partial charge in [-0.15, -0.1) is 0 Å². The molecule has 4 rings (SSSR count). The first-order valence-corrected chi connectivity index (χ1v) is 7.90. The molecule has 5 heteroatoms. The molecule has 24 heavy (non-hydrogen) atoms. The number of aromatic amines is 1. The van der Waals surface area contributed by atoms with Crippen LogP contribution < -0.4 is 5.43 Å². The predicted octanol–water partition coefficient (Wildman–Crippen LogP) is 2.72. The van der Waals surface area contributed by atoms with Gasteiger partial charge in [0.1, 0.15) is 5.82 Å². The van der Waals surface area contributed by atoms with E-state index in [1.54, 1.807) is 6.07 Å². The van der Waals surface area contributed by atoms with Crippen LogP contribution >= 0.6 is 0 Å². The summed E-state index contributed by atoms with van der Waals surface area (Å²) < 4.78 is 13.3. The standard InChI is InChI=1S/C19H17FN2O2/c20-13-5-6-17-16(7-13)18(23)8-14(21-17)10-22-9-12-3-1-2-4-15(12)19(24)11-22/h1-8,19,24H,9-11H2,(H,21,23)/t19-/m1/s1. The third-order valence-corrected chi connectivity index (χ3v) is 4.48. The number of H-pyrrole nitrogens is 1. The van der Waals surface area contributed by atoms with Crippen molar-refractivity contribution in [1.82, 2.24) is 9.88 Å². The highest BCUT2D eigenvalue weighted by Crippen LogP contribution is 2.27. The SMILES string of the molecule is O=c1cc(CN2Cc3ccccc3[C@H](O)C2)[nH]c2ccc(F)cc12. The summed E-state index contributed by atoms with van der Waals surface area (Å²) in [6.45, 7) is 1.76. The highest BCUT2D eigenvalue weighted by atomic mass is 19.1. The number of benzene rings is 2. The van der Waals surface area contributed by atoms with Crippen LogP contribution in [-0.4, -0.2) is 21.5 Å². The minimum atomic E-state index is -0.531. The summed E-state index contributed by atoms with van der Waals surface area (Å²) >= 11 is 0. The zero-order valence-electron chi connectivity index (χ0n) is 13.0. The molecule has 0 fully saturated rings. The van der Waals surface area contributed by atoms with Gasteiger partial charge in [0.05, 0.1) is 6.10 Å². The lowest BCUT2D eigenvalue weighted by molar-refractivity contribution is 0.0875. The van der Waals surface area contributed by atoms with E-state index in [0.29, 0.717) is 24.0 Å². The third-order valence-electron chi connectivity index (χ3n) is 4.48. The van der Waals surface area contributed by atoms with Crippen LogP contribution in [-0.2, 0) is 13.1 Å². The number of β-amino-alcohol motifs (C(OH)–C–C–N with tert-alkyl or cyclic N) is 1. The molecule has 0 bridgehead atoms. The number of fused-ring (bicyclic) bond motifs is 2. The Morgan fingerprint density at radius 3 is 2.92 bits per heavy atom. The van der Waals surface area contributed by atoms with E-state index >= 15 is 0 Å². The van der Waals surface area contributed by atoms with Gasteiger partial charge in [0.2, 0.25) is 0 Å². The van der Waals surface area contributed by atoms with E-state index < -0.39 is 11.9 Å². The number of rotatable bonds is 2. The monoisotopic (exact) mass is 324 g/mol. The fourth-order valence-electron chi connectivity index (χ4n) is 3.37. The molecule has 0 radical (unpaired) electrons. The fraction of sp³-hybridized carbons (Fsp3) is 0.211. The highest BCUT2D eigenvalue weighted by Gasteiger charge is 2.23. The Morgan fingerprint density at radius 1 is 1.21 bits per heavy atom. The Bertz CT molecular complexity index is 967. The molecule has 1 atom stereocenters. The van der Waals surface area contributed by atoms with Crippen LogP contribution in [0.3, 0.4) is 0 Å². The molecular formula is C19H17FN2O2. The van der Waals surface area contributed by atoms with Gasteiger partial charge in [-0.1, -0.05) is 24.3 Å². The summed E-state index contributed by atoms with van der Waals surface area (Å²) in [5.74, 6) is -0.420. The smallest absolute Gasteiger partial charge is 0.189 e. The van der Waals surface area contributed by atoms with Gasteiger partial charge in [-0.25, -0.2) is 4.39 Å². The average molecular weight is 324 g/mol. The number of hydrogen-bond donors (Lipinski definition) is 2. The van der Waals surface area contributed by atoms with Crippen molar-refractivity contribution in [1.29, 1.82) is 0 Å². The zero-order valence-corrected chi connectivity index (χ0v) is 13.0. The van der Waals surface area contributed by atoms with Crippen molar-refractivity contribution >= 4 is 10.9 Å². The molecule has 0 spiro atoms. The van der Waals surface area contributed by atoms with Crippen molar-refractivity contribution in [2.45, 2.75) is 19.2 Å².